The third-order valence-electron chi connectivity index (χ3n) is 6.24. The van der Waals surface area contributed by atoms with E-state index in [9.17, 15) is 4.79 Å². The maximum Gasteiger partial charge on any atom is 0.261 e. The van der Waals surface area contributed by atoms with Gasteiger partial charge in [0.2, 0.25) is 0 Å². The highest BCUT2D eigenvalue weighted by atomic mass is 16.1. The van der Waals surface area contributed by atoms with Crippen LogP contribution < -0.4 is 5.56 Å². The molecule has 0 aliphatic carbocycles. The van der Waals surface area contributed by atoms with Crippen LogP contribution in [-0.4, -0.2) is 26.8 Å². The number of hydrogen-bond donors (Lipinski definition) is 0. The van der Waals surface area contributed by atoms with Crippen molar-refractivity contribution < 1.29 is 0 Å². The van der Waals surface area contributed by atoms with Gasteiger partial charge >= 0.3 is 0 Å². The Bertz CT molecular complexity index is 1160. The molecule has 2 aromatic carbocycles. The zero-order valence-corrected chi connectivity index (χ0v) is 15.0. The first-order valence-corrected chi connectivity index (χ1v) is 9.74. The Hall–Kier alpha value is -2.95. The van der Waals surface area contributed by atoms with E-state index in [0.717, 1.165) is 54.8 Å². The van der Waals surface area contributed by atoms with Gasteiger partial charge in [0.15, 0.2) is 0 Å². The summed E-state index contributed by atoms with van der Waals surface area (Å²) < 4.78 is 1.90. The van der Waals surface area contributed by atoms with Gasteiger partial charge in [-0.25, -0.2) is 9.98 Å². The summed E-state index contributed by atoms with van der Waals surface area (Å²) in [6, 6.07) is 16.4. The van der Waals surface area contributed by atoms with Crippen LogP contribution in [0.15, 0.2) is 58.3 Å². The fourth-order valence-electron chi connectivity index (χ4n) is 5.06. The lowest BCUT2D eigenvalue weighted by atomic mass is 9.88. The molecule has 1 saturated heterocycles. The number of fused-ring (bicyclic) bond motifs is 4. The summed E-state index contributed by atoms with van der Waals surface area (Å²) in [5.41, 5.74) is 3.25. The van der Waals surface area contributed by atoms with E-state index in [2.05, 4.69) is 29.2 Å². The normalized spacial score (nSPS) is 23.1. The molecule has 0 spiro atoms. The summed E-state index contributed by atoms with van der Waals surface area (Å²) in [6.45, 7) is 1.78. The van der Waals surface area contributed by atoms with E-state index in [4.69, 9.17) is 9.98 Å². The number of hydrogen-bond acceptors (Lipinski definition) is 4. The third-order valence-corrected chi connectivity index (χ3v) is 6.24. The fourth-order valence-corrected chi connectivity index (χ4v) is 5.06. The Labute approximate surface area is 157 Å². The molecule has 4 heterocycles. The fraction of sp³-hybridized carbons (Fsp3) is 0.318. The quantitative estimate of drug-likeness (QED) is 0.667. The predicted molar refractivity (Wildman–Crippen MR) is 106 cm³/mol. The molecule has 0 amide bonds. The van der Waals surface area contributed by atoms with Crippen molar-refractivity contribution in [1.82, 2.24) is 14.5 Å². The average Bonchev–Trinajstić information content (AvgIpc) is 3.33. The second-order valence-corrected chi connectivity index (χ2v) is 7.67. The number of aliphatic imine (C=N–C) groups is 1. The van der Waals surface area contributed by atoms with Crippen molar-refractivity contribution >= 4 is 22.4 Å². The molecule has 0 bridgehead atoms. The molecule has 0 saturated carbocycles. The van der Waals surface area contributed by atoms with E-state index in [-0.39, 0.29) is 17.5 Å². The Morgan fingerprint density at radius 2 is 1.85 bits per heavy atom. The minimum Gasteiger partial charge on any atom is -0.352 e. The largest absolute Gasteiger partial charge is 0.352 e. The molecule has 5 heteroatoms. The van der Waals surface area contributed by atoms with Crippen molar-refractivity contribution in [2.75, 3.05) is 6.54 Å². The number of aromatic nitrogens is 2. The van der Waals surface area contributed by atoms with Crippen LogP contribution in [0, 0.1) is 0 Å². The predicted octanol–water partition coefficient (Wildman–Crippen LogP) is 3.76. The molecule has 0 radical (unpaired) electrons. The second-order valence-electron chi connectivity index (χ2n) is 7.67. The van der Waals surface area contributed by atoms with Crippen molar-refractivity contribution in [3.63, 3.8) is 0 Å². The summed E-state index contributed by atoms with van der Waals surface area (Å²) in [5, 5.41) is 0.717. The van der Waals surface area contributed by atoms with Crippen molar-refractivity contribution in [2.45, 2.75) is 37.8 Å². The number of benzene rings is 2. The Morgan fingerprint density at radius 3 is 2.81 bits per heavy atom. The Morgan fingerprint density at radius 1 is 1.00 bits per heavy atom. The molecule has 1 aromatic heterocycles. The van der Waals surface area contributed by atoms with Gasteiger partial charge in [-0.3, -0.25) is 9.36 Å². The smallest absolute Gasteiger partial charge is 0.261 e. The summed E-state index contributed by atoms with van der Waals surface area (Å²) in [7, 11) is 0. The van der Waals surface area contributed by atoms with Gasteiger partial charge in [-0.05, 0) is 31.0 Å². The zero-order chi connectivity index (χ0) is 18.0. The highest BCUT2D eigenvalue weighted by molar-refractivity contribution is 5.89. The van der Waals surface area contributed by atoms with Gasteiger partial charge in [-0.15, -0.1) is 0 Å². The van der Waals surface area contributed by atoms with Crippen LogP contribution in [0.3, 0.4) is 0 Å². The lowest BCUT2D eigenvalue weighted by Gasteiger charge is -2.38. The molecule has 27 heavy (non-hydrogen) atoms. The molecule has 3 aromatic rings. The summed E-state index contributed by atoms with van der Waals surface area (Å²) >= 11 is 0. The van der Waals surface area contributed by atoms with Crippen molar-refractivity contribution in [1.29, 1.82) is 0 Å². The van der Waals surface area contributed by atoms with Crippen LogP contribution in [0.5, 0.6) is 0 Å². The first kappa shape index (κ1) is 15.1. The van der Waals surface area contributed by atoms with E-state index < -0.39 is 0 Å². The van der Waals surface area contributed by atoms with Crippen LogP contribution in [0.4, 0.5) is 5.69 Å². The van der Waals surface area contributed by atoms with Gasteiger partial charge in [-0.1, -0.05) is 30.3 Å². The highest BCUT2D eigenvalue weighted by Crippen LogP contribution is 2.48. The maximum absolute atomic E-state index is 13.0. The minimum absolute atomic E-state index is 0.0949. The number of para-hydroxylation sites is 2. The van der Waals surface area contributed by atoms with Gasteiger partial charge in [-0.2, -0.15) is 0 Å². The molecule has 0 unspecified atom stereocenters. The van der Waals surface area contributed by atoms with Crippen LogP contribution >= 0.6 is 0 Å². The first-order chi connectivity index (χ1) is 13.3. The molecule has 3 aliphatic rings. The van der Waals surface area contributed by atoms with Gasteiger partial charge < -0.3 is 4.90 Å². The molecule has 6 rings (SSSR count). The van der Waals surface area contributed by atoms with E-state index >= 15 is 0 Å². The lowest BCUT2D eigenvalue weighted by molar-refractivity contribution is 0.284. The molecule has 2 atom stereocenters. The number of rotatable bonds is 1. The van der Waals surface area contributed by atoms with Gasteiger partial charge in [0.1, 0.15) is 11.7 Å². The zero-order valence-electron chi connectivity index (χ0n) is 15.0. The molecule has 1 fully saturated rings. The Kier molecular flexibility index (Phi) is 3.10. The molecular formula is C22H20N4O. The van der Waals surface area contributed by atoms with E-state index in [1.54, 1.807) is 0 Å². The maximum atomic E-state index is 13.0. The number of amidine groups is 1. The van der Waals surface area contributed by atoms with Crippen LogP contribution in [0.2, 0.25) is 0 Å². The molecule has 3 aliphatic heterocycles. The van der Waals surface area contributed by atoms with Crippen molar-refractivity contribution in [3.05, 3.63) is 70.3 Å². The number of nitrogens with zero attached hydrogens (tertiary/aromatic N) is 4. The van der Waals surface area contributed by atoms with Crippen LogP contribution in [0.25, 0.3) is 10.9 Å². The minimum atomic E-state index is 0.0949. The highest BCUT2D eigenvalue weighted by Gasteiger charge is 2.42. The summed E-state index contributed by atoms with van der Waals surface area (Å²) in [4.78, 5) is 25.3. The standard InChI is InChI=1S/C22H20N4O/c27-22-15-7-2-4-9-18(15)24-21-16(11-13-26(21)22)20-14-6-1-3-8-17(14)23-19-10-5-12-25(19)20/h1-4,6-9,16,20H,5,10-13H2/t16-,20-/m0/s1. The summed E-state index contributed by atoms with van der Waals surface area (Å²) in [6.07, 6.45) is 3.13. The topological polar surface area (TPSA) is 50.5 Å². The summed E-state index contributed by atoms with van der Waals surface area (Å²) in [5.74, 6) is 2.35. The molecule has 0 N–H and O–H groups in total. The average molecular weight is 356 g/mol. The monoisotopic (exact) mass is 356 g/mol. The van der Waals surface area contributed by atoms with Gasteiger partial charge in [0, 0.05) is 31.0 Å². The van der Waals surface area contributed by atoms with E-state index in [1.165, 1.54) is 11.4 Å². The SMILES string of the molecule is O=c1c2ccccc2nc2n1CC[C@H]2[C@@H]1c2ccccc2N=C2CCCN21. The van der Waals surface area contributed by atoms with E-state index in [1.807, 2.05) is 28.8 Å². The molecule has 5 nitrogen and oxygen atoms in total. The first-order valence-electron chi connectivity index (χ1n) is 9.74. The third kappa shape index (κ3) is 2.08. The second kappa shape index (κ2) is 5.52. The van der Waals surface area contributed by atoms with Crippen molar-refractivity contribution in [2.24, 2.45) is 4.99 Å². The molecule has 134 valence electrons. The lowest BCUT2D eigenvalue weighted by Crippen LogP contribution is -2.36. The van der Waals surface area contributed by atoms with Crippen molar-refractivity contribution in [3.8, 4) is 0 Å². The van der Waals surface area contributed by atoms with Gasteiger partial charge in [0.05, 0.1) is 22.6 Å². The van der Waals surface area contributed by atoms with E-state index in [0.29, 0.717) is 0 Å². The van der Waals surface area contributed by atoms with Crippen LogP contribution in [-0.2, 0) is 6.54 Å². The van der Waals surface area contributed by atoms with Crippen LogP contribution in [0.1, 0.15) is 42.6 Å². The van der Waals surface area contributed by atoms with Gasteiger partial charge in [0.25, 0.3) is 5.56 Å². The molecular weight excluding hydrogens is 336 g/mol. The Balaban J connectivity index is 1.55.